The van der Waals surface area contributed by atoms with Gasteiger partial charge in [0.25, 0.3) is 0 Å². The van der Waals surface area contributed by atoms with Gasteiger partial charge in [0.1, 0.15) is 0 Å². The van der Waals surface area contributed by atoms with E-state index in [1.165, 1.54) is 0 Å². The zero-order chi connectivity index (χ0) is 12.3. The van der Waals surface area contributed by atoms with Gasteiger partial charge in [0, 0.05) is 31.8 Å². The molecule has 16 heavy (non-hydrogen) atoms. The molecule has 0 atom stereocenters. The van der Waals surface area contributed by atoms with Gasteiger partial charge in [0.2, 0.25) is 0 Å². The number of aliphatic hydroxyl groups excluding tert-OH is 1. The summed E-state index contributed by atoms with van der Waals surface area (Å²) in [5.74, 6) is 0. The van der Waals surface area contributed by atoms with Gasteiger partial charge in [0.05, 0.1) is 0 Å². The van der Waals surface area contributed by atoms with E-state index in [2.05, 4.69) is 26.1 Å². The van der Waals surface area contributed by atoms with Gasteiger partial charge in [0.15, 0.2) is 0 Å². The molecule has 0 spiro atoms. The second-order valence-electron chi connectivity index (χ2n) is 4.51. The maximum Gasteiger partial charge on any atom is 0.0499 e. The van der Waals surface area contributed by atoms with Crippen LogP contribution in [0.1, 0.15) is 46.5 Å². The molecule has 3 nitrogen and oxygen atoms in total. The Labute approximate surface area is 101 Å². The molecule has 0 rings (SSSR count). The van der Waals surface area contributed by atoms with Crippen molar-refractivity contribution in [3.63, 3.8) is 0 Å². The molecule has 0 amide bonds. The third-order valence-corrected chi connectivity index (χ3v) is 3.33. The quantitative estimate of drug-likeness (QED) is 0.536. The number of nitrogens with one attached hydrogen (secondary N) is 1. The molecule has 0 aliphatic carbocycles. The molecule has 0 aliphatic rings. The number of aliphatic hydroxyl groups is 1. The summed E-state index contributed by atoms with van der Waals surface area (Å²) in [5, 5.41) is 12.8. The van der Waals surface area contributed by atoms with E-state index < -0.39 is 0 Å². The molecule has 0 unspecified atom stereocenters. The Morgan fingerprint density at radius 2 is 1.81 bits per heavy atom. The van der Waals surface area contributed by atoms with Crippen molar-refractivity contribution in [2.24, 2.45) is 5.41 Å². The van der Waals surface area contributed by atoms with Gasteiger partial charge in [-0.05, 0) is 32.2 Å². The molecule has 0 bridgehead atoms. The second kappa shape index (κ2) is 10.1. The van der Waals surface area contributed by atoms with Gasteiger partial charge >= 0.3 is 0 Å². The topological polar surface area (TPSA) is 41.5 Å². The van der Waals surface area contributed by atoms with Gasteiger partial charge in [-0.2, -0.15) is 0 Å². The minimum absolute atomic E-state index is 0.0737. The first kappa shape index (κ1) is 15.9. The summed E-state index contributed by atoms with van der Waals surface area (Å²) < 4.78 is 5.40. The smallest absolute Gasteiger partial charge is 0.0499 e. The molecule has 0 saturated heterocycles. The zero-order valence-corrected chi connectivity index (χ0v) is 11.2. The number of hydrogen-bond acceptors (Lipinski definition) is 3. The largest absolute Gasteiger partial charge is 0.396 e. The van der Waals surface area contributed by atoms with Crippen molar-refractivity contribution in [3.05, 3.63) is 0 Å². The minimum Gasteiger partial charge on any atom is -0.396 e. The summed E-state index contributed by atoms with van der Waals surface area (Å²) in [4.78, 5) is 0. The second-order valence-corrected chi connectivity index (χ2v) is 4.51. The molecule has 0 aromatic heterocycles. The highest BCUT2D eigenvalue weighted by Crippen LogP contribution is 2.24. The van der Waals surface area contributed by atoms with Crippen molar-refractivity contribution in [2.75, 3.05) is 32.9 Å². The lowest BCUT2D eigenvalue weighted by Crippen LogP contribution is -2.37. The van der Waals surface area contributed by atoms with E-state index in [9.17, 15) is 5.11 Å². The van der Waals surface area contributed by atoms with Gasteiger partial charge in [-0.1, -0.05) is 20.8 Å². The SMILES string of the molecule is CCCOCCCNCC(CC)(CC)CO. The summed E-state index contributed by atoms with van der Waals surface area (Å²) in [6.45, 7) is 10.3. The molecule has 0 fully saturated rings. The standard InChI is InChI=1S/C13H29NO2/c1-4-9-16-10-7-8-14-11-13(5-2,6-3)12-15/h14-15H,4-12H2,1-3H3. The summed E-state index contributed by atoms with van der Waals surface area (Å²) >= 11 is 0. The molecule has 0 aromatic rings. The molecule has 2 N–H and O–H groups in total. The van der Waals surface area contributed by atoms with Crippen LogP contribution < -0.4 is 5.32 Å². The Bertz CT molecular complexity index is 139. The number of hydrogen-bond donors (Lipinski definition) is 2. The van der Waals surface area contributed by atoms with E-state index in [1.807, 2.05) is 0 Å². The Morgan fingerprint density at radius 1 is 1.12 bits per heavy atom. The zero-order valence-electron chi connectivity index (χ0n) is 11.2. The lowest BCUT2D eigenvalue weighted by Gasteiger charge is -2.29. The summed E-state index contributed by atoms with van der Waals surface area (Å²) in [6, 6.07) is 0. The van der Waals surface area contributed by atoms with Gasteiger partial charge in [-0.15, -0.1) is 0 Å². The fourth-order valence-corrected chi connectivity index (χ4v) is 1.68. The van der Waals surface area contributed by atoms with Crippen LogP contribution >= 0.6 is 0 Å². The van der Waals surface area contributed by atoms with Crippen LogP contribution in [0.4, 0.5) is 0 Å². The van der Waals surface area contributed by atoms with Gasteiger partial charge < -0.3 is 15.2 Å². The van der Waals surface area contributed by atoms with E-state index in [1.54, 1.807) is 0 Å². The molecular formula is C13H29NO2. The summed E-state index contributed by atoms with van der Waals surface area (Å²) in [5.41, 5.74) is 0.0737. The lowest BCUT2D eigenvalue weighted by atomic mass is 9.83. The molecule has 0 heterocycles. The summed E-state index contributed by atoms with van der Waals surface area (Å²) in [6.07, 6.45) is 4.19. The average molecular weight is 231 g/mol. The van der Waals surface area contributed by atoms with Crippen molar-refractivity contribution in [2.45, 2.75) is 46.5 Å². The van der Waals surface area contributed by atoms with Crippen LogP contribution in [0.15, 0.2) is 0 Å². The van der Waals surface area contributed by atoms with Crippen LogP contribution in [0.3, 0.4) is 0 Å². The van der Waals surface area contributed by atoms with E-state index in [0.717, 1.165) is 52.0 Å². The van der Waals surface area contributed by atoms with Crippen molar-refractivity contribution in [3.8, 4) is 0 Å². The molecule has 0 radical (unpaired) electrons. The van der Waals surface area contributed by atoms with Crippen molar-refractivity contribution < 1.29 is 9.84 Å². The van der Waals surface area contributed by atoms with Crippen LogP contribution in [0.5, 0.6) is 0 Å². The molecular weight excluding hydrogens is 202 g/mol. The normalized spacial score (nSPS) is 12.0. The Balaban J connectivity index is 3.48. The summed E-state index contributed by atoms with van der Waals surface area (Å²) in [7, 11) is 0. The first-order valence-electron chi connectivity index (χ1n) is 6.64. The van der Waals surface area contributed by atoms with Crippen LogP contribution in [0, 0.1) is 5.41 Å². The van der Waals surface area contributed by atoms with Crippen LogP contribution in [-0.2, 0) is 4.74 Å². The molecule has 98 valence electrons. The fraction of sp³-hybridized carbons (Fsp3) is 1.00. The average Bonchev–Trinajstić information content (AvgIpc) is 2.34. The molecule has 0 aromatic carbocycles. The minimum atomic E-state index is 0.0737. The highest BCUT2D eigenvalue weighted by Gasteiger charge is 2.24. The van der Waals surface area contributed by atoms with Gasteiger partial charge in [-0.3, -0.25) is 0 Å². The molecule has 3 heteroatoms. The number of rotatable bonds is 11. The highest BCUT2D eigenvalue weighted by atomic mass is 16.5. The van der Waals surface area contributed by atoms with Gasteiger partial charge in [-0.25, -0.2) is 0 Å². The Morgan fingerprint density at radius 3 is 2.31 bits per heavy atom. The predicted octanol–water partition coefficient (Wildman–Crippen LogP) is 2.19. The van der Waals surface area contributed by atoms with E-state index in [-0.39, 0.29) is 12.0 Å². The van der Waals surface area contributed by atoms with Crippen molar-refractivity contribution in [1.82, 2.24) is 5.32 Å². The predicted molar refractivity (Wildman–Crippen MR) is 68.7 cm³/mol. The fourth-order valence-electron chi connectivity index (χ4n) is 1.68. The van der Waals surface area contributed by atoms with Crippen LogP contribution in [0.25, 0.3) is 0 Å². The molecule has 0 saturated carbocycles. The van der Waals surface area contributed by atoms with Crippen molar-refractivity contribution in [1.29, 1.82) is 0 Å². The van der Waals surface area contributed by atoms with E-state index >= 15 is 0 Å². The third-order valence-electron chi connectivity index (χ3n) is 3.33. The lowest BCUT2D eigenvalue weighted by molar-refractivity contribution is 0.109. The van der Waals surface area contributed by atoms with Crippen molar-refractivity contribution >= 4 is 0 Å². The maximum atomic E-state index is 9.38. The number of ether oxygens (including phenoxy) is 1. The first-order chi connectivity index (χ1) is 7.74. The van der Waals surface area contributed by atoms with E-state index in [0.29, 0.717) is 0 Å². The highest BCUT2D eigenvalue weighted by molar-refractivity contribution is 4.77. The monoisotopic (exact) mass is 231 g/mol. The maximum absolute atomic E-state index is 9.38. The Hall–Kier alpha value is -0.120. The van der Waals surface area contributed by atoms with Crippen LogP contribution in [-0.4, -0.2) is 38.0 Å². The van der Waals surface area contributed by atoms with E-state index in [4.69, 9.17) is 4.74 Å². The first-order valence-corrected chi connectivity index (χ1v) is 6.64. The molecule has 0 aliphatic heterocycles. The third kappa shape index (κ3) is 6.46. The Kier molecular flexibility index (Phi) is 9.99. The van der Waals surface area contributed by atoms with Crippen LogP contribution in [0.2, 0.25) is 0 Å².